The van der Waals surface area contributed by atoms with Crippen molar-refractivity contribution in [2.45, 2.75) is 19.8 Å². The summed E-state index contributed by atoms with van der Waals surface area (Å²) in [6, 6.07) is 10.6. The third kappa shape index (κ3) is 3.01. The third-order valence-corrected chi connectivity index (χ3v) is 3.48. The zero-order valence-corrected chi connectivity index (χ0v) is 13.3. The molecule has 1 amide bonds. The summed E-state index contributed by atoms with van der Waals surface area (Å²) in [5.41, 5.74) is 1.78. The Balaban J connectivity index is 1.92. The van der Waals surface area contributed by atoms with Gasteiger partial charge in [0.15, 0.2) is 11.5 Å². The van der Waals surface area contributed by atoms with Crippen LogP contribution in [-0.2, 0) is 0 Å². The largest absolute Gasteiger partial charge is 0.497 e. The highest BCUT2D eigenvalue weighted by molar-refractivity contribution is 6.06. The number of amides is 1. The second-order valence-electron chi connectivity index (χ2n) is 5.50. The summed E-state index contributed by atoms with van der Waals surface area (Å²) in [6.45, 7) is 4.06. The average molecular weight is 310 g/mol. The first-order chi connectivity index (χ1) is 11.1. The number of pyridine rings is 1. The Morgan fingerprint density at radius 1 is 1.26 bits per heavy atom. The van der Waals surface area contributed by atoms with Crippen LogP contribution < -0.4 is 10.1 Å². The smallest absolute Gasteiger partial charge is 0.255 e. The van der Waals surface area contributed by atoms with Gasteiger partial charge in [0, 0.05) is 17.7 Å². The molecule has 6 heteroatoms. The number of aromatic nitrogens is 3. The number of nitrogens with one attached hydrogen (secondary N) is 1. The van der Waals surface area contributed by atoms with E-state index in [0.717, 1.165) is 5.82 Å². The molecule has 3 rings (SSSR count). The standard InChI is InChI=1S/C17H18N4O2/c1-11(2)15-19-16-14(8-5-9-21(16)20-15)18-17(22)12-6-4-7-13(10-12)23-3/h4-11H,1-3H3,(H,18,22). The van der Waals surface area contributed by atoms with Crippen LogP contribution in [0.1, 0.15) is 35.9 Å². The lowest BCUT2D eigenvalue weighted by Crippen LogP contribution is -2.12. The van der Waals surface area contributed by atoms with Crippen LogP contribution in [0.2, 0.25) is 0 Å². The number of methoxy groups -OCH3 is 1. The number of rotatable bonds is 4. The topological polar surface area (TPSA) is 68.5 Å². The van der Waals surface area contributed by atoms with Crippen molar-refractivity contribution in [2.75, 3.05) is 12.4 Å². The number of carbonyl (C=O) groups excluding carboxylic acids is 1. The minimum atomic E-state index is -0.217. The fourth-order valence-electron chi connectivity index (χ4n) is 2.22. The zero-order valence-electron chi connectivity index (χ0n) is 13.3. The molecule has 0 saturated heterocycles. The lowest BCUT2D eigenvalue weighted by Gasteiger charge is -2.07. The summed E-state index contributed by atoms with van der Waals surface area (Å²) in [5.74, 6) is 1.39. The van der Waals surface area contributed by atoms with Gasteiger partial charge < -0.3 is 10.1 Å². The predicted octanol–water partition coefficient (Wildman–Crippen LogP) is 3.11. The highest BCUT2D eigenvalue weighted by atomic mass is 16.5. The maximum atomic E-state index is 12.4. The molecule has 0 spiro atoms. The molecule has 2 heterocycles. The molecule has 0 bridgehead atoms. The highest BCUT2D eigenvalue weighted by Gasteiger charge is 2.13. The van der Waals surface area contributed by atoms with Crippen LogP contribution in [0.25, 0.3) is 5.65 Å². The van der Waals surface area contributed by atoms with Crippen molar-refractivity contribution in [3.8, 4) is 5.75 Å². The Morgan fingerprint density at radius 2 is 2.09 bits per heavy atom. The van der Waals surface area contributed by atoms with E-state index in [1.807, 2.05) is 32.2 Å². The van der Waals surface area contributed by atoms with Crippen molar-refractivity contribution < 1.29 is 9.53 Å². The second-order valence-corrected chi connectivity index (χ2v) is 5.50. The zero-order chi connectivity index (χ0) is 16.4. The number of hydrogen-bond donors (Lipinski definition) is 1. The number of hydrogen-bond acceptors (Lipinski definition) is 4. The van der Waals surface area contributed by atoms with Gasteiger partial charge in [-0.15, -0.1) is 0 Å². The van der Waals surface area contributed by atoms with Crippen LogP contribution in [0.5, 0.6) is 5.75 Å². The first-order valence-corrected chi connectivity index (χ1v) is 7.39. The summed E-state index contributed by atoms with van der Waals surface area (Å²) in [4.78, 5) is 16.9. The van der Waals surface area contributed by atoms with Crippen molar-refractivity contribution >= 4 is 17.2 Å². The van der Waals surface area contributed by atoms with Crippen LogP contribution in [0.4, 0.5) is 5.69 Å². The lowest BCUT2D eigenvalue weighted by molar-refractivity contribution is 0.102. The first kappa shape index (κ1) is 15.0. The van der Waals surface area contributed by atoms with Crippen molar-refractivity contribution in [2.24, 2.45) is 0 Å². The van der Waals surface area contributed by atoms with E-state index >= 15 is 0 Å². The molecule has 0 fully saturated rings. The molecule has 1 aromatic carbocycles. The molecule has 0 atom stereocenters. The summed E-state index contributed by atoms with van der Waals surface area (Å²) in [7, 11) is 1.57. The van der Waals surface area contributed by atoms with Crippen molar-refractivity contribution in [1.29, 1.82) is 0 Å². The third-order valence-electron chi connectivity index (χ3n) is 3.48. The Kier molecular flexibility index (Phi) is 3.97. The Hall–Kier alpha value is -2.89. The van der Waals surface area contributed by atoms with Crippen LogP contribution in [0.3, 0.4) is 0 Å². The van der Waals surface area contributed by atoms with Gasteiger partial charge in [0.2, 0.25) is 0 Å². The minimum absolute atomic E-state index is 0.217. The van der Waals surface area contributed by atoms with Gasteiger partial charge >= 0.3 is 0 Å². The number of anilines is 1. The number of ether oxygens (including phenoxy) is 1. The SMILES string of the molecule is COc1cccc(C(=O)Nc2cccn3nc(C(C)C)nc23)c1. The molecule has 0 aliphatic heterocycles. The van der Waals surface area contributed by atoms with Crippen molar-refractivity contribution in [3.63, 3.8) is 0 Å². The molecule has 2 aromatic heterocycles. The van der Waals surface area contributed by atoms with E-state index < -0.39 is 0 Å². The fourth-order valence-corrected chi connectivity index (χ4v) is 2.22. The number of carbonyl (C=O) groups is 1. The van der Waals surface area contributed by atoms with Crippen molar-refractivity contribution in [1.82, 2.24) is 14.6 Å². The van der Waals surface area contributed by atoms with Gasteiger partial charge in [-0.2, -0.15) is 5.10 Å². The summed E-state index contributed by atoms with van der Waals surface area (Å²) in [5, 5.41) is 7.30. The van der Waals surface area contributed by atoms with Crippen LogP contribution >= 0.6 is 0 Å². The molecule has 1 N–H and O–H groups in total. The molecule has 0 aliphatic rings. The van der Waals surface area contributed by atoms with E-state index in [1.165, 1.54) is 0 Å². The Labute approximate surface area is 134 Å². The van der Waals surface area contributed by atoms with Gasteiger partial charge in [0.05, 0.1) is 12.8 Å². The van der Waals surface area contributed by atoms with Gasteiger partial charge in [-0.05, 0) is 30.3 Å². The van der Waals surface area contributed by atoms with Gasteiger partial charge in [0.1, 0.15) is 5.75 Å². The molecule has 0 aliphatic carbocycles. The summed E-state index contributed by atoms with van der Waals surface area (Å²) >= 11 is 0. The van der Waals surface area contributed by atoms with Crippen LogP contribution in [-0.4, -0.2) is 27.6 Å². The van der Waals surface area contributed by atoms with Crippen LogP contribution in [0, 0.1) is 0 Å². The predicted molar refractivity (Wildman–Crippen MR) is 88.0 cm³/mol. The van der Waals surface area contributed by atoms with E-state index in [4.69, 9.17) is 4.74 Å². The lowest BCUT2D eigenvalue weighted by atomic mass is 10.2. The molecule has 0 saturated carbocycles. The number of fused-ring (bicyclic) bond motifs is 1. The van der Waals surface area contributed by atoms with Gasteiger partial charge in [-0.1, -0.05) is 19.9 Å². The van der Waals surface area contributed by atoms with Gasteiger partial charge in [0.25, 0.3) is 5.91 Å². The molecule has 6 nitrogen and oxygen atoms in total. The fraction of sp³-hybridized carbons (Fsp3) is 0.235. The highest BCUT2D eigenvalue weighted by Crippen LogP contribution is 2.20. The average Bonchev–Trinajstić information content (AvgIpc) is 3.00. The molecule has 0 unspecified atom stereocenters. The first-order valence-electron chi connectivity index (χ1n) is 7.39. The molecular weight excluding hydrogens is 292 g/mol. The maximum Gasteiger partial charge on any atom is 0.255 e. The maximum absolute atomic E-state index is 12.4. The molecule has 3 aromatic rings. The van der Waals surface area contributed by atoms with E-state index in [-0.39, 0.29) is 11.8 Å². The molecule has 0 radical (unpaired) electrons. The quantitative estimate of drug-likeness (QED) is 0.804. The Bertz CT molecular complexity index is 855. The van der Waals surface area contributed by atoms with Crippen LogP contribution in [0.15, 0.2) is 42.6 Å². The van der Waals surface area contributed by atoms with E-state index in [0.29, 0.717) is 22.6 Å². The van der Waals surface area contributed by atoms with Gasteiger partial charge in [-0.25, -0.2) is 9.50 Å². The minimum Gasteiger partial charge on any atom is -0.497 e. The van der Waals surface area contributed by atoms with E-state index in [1.54, 1.807) is 35.9 Å². The van der Waals surface area contributed by atoms with E-state index in [9.17, 15) is 4.79 Å². The number of nitrogens with zero attached hydrogens (tertiary/aromatic N) is 3. The normalized spacial score (nSPS) is 11.0. The van der Waals surface area contributed by atoms with Crippen molar-refractivity contribution in [3.05, 3.63) is 54.0 Å². The second kappa shape index (κ2) is 6.08. The van der Waals surface area contributed by atoms with Gasteiger partial charge in [-0.3, -0.25) is 4.79 Å². The summed E-state index contributed by atoms with van der Waals surface area (Å²) in [6.07, 6.45) is 1.81. The molecule has 118 valence electrons. The summed E-state index contributed by atoms with van der Waals surface area (Å²) < 4.78 is 6.83. The number of benzene rings is 1. The monoisotopic (exact) mass is 310 g/mol. The molecular formula is C17H18N4O2. The Morgan fingerprint density at radius 3 is 2.83 bits per heavy atom. The molecule has 23 heavy (non-hydrogen) atoms. The van der Waals surface area contributed by atoms with E-state index in [2.05, 4.69) is 15.4 Å².